The molecule has 0 bridgehead atoms. The second-order valence-electron chi connectivity index (χ2n) is 6.32. The predicted molar refractivity (Wildman–Crippen MR) is 101 cm³/mol. The maximum absolute atomic E-state index is 12.4. The number of carbonyl (C=O) groups is 1. The lowest BCUT2D eigenvalue weighted by atomic mass is 10.0. The summed E-state index contributed by atoms with van der Waals surface area (Å²) in [5.41, 5.74) is 5.12. The van der Waals surface area contributed by atoms with Gasteiger partial charge in [0.1, 0.15) is 13.8 Å². The molecule has 0 saturated carbocycles. The molecule has 2 aromatic carbocycles. The summed E-state index contributed by atoms with van der Waals surface area (Å²) in [5.74, 6) is 9.47. The minimum absolute atomic E-state index is 0.178. The Morgan fingerprint density at radius 2 is 1.50 bits per heavy atom. The molecule has 0 aliphatic rings. The second kappa shape index (κ2) is 7.68. The fourth-order valence-corrected chi connectivity index (χ4v) is 2.47. The van der Waals surface area contributed by atoms with Crippen molar-refractivity contribution in [3.05, 3.63) is 65.2 Å². The van der Waals surface area contributed by atoms with E-state index in [2.05, 4.69) is 42.9 Å². The van der Waals surface area contributed by atoms with Crippen LogP contribution in [-0.2, 0) is 0 Å². The van der Waals surface area contributed by atoms with Crippen LogP contribution in [0.25, 0.3) is 0 Å². The lowest BCUT2D eigenvalue weighted by Crippen LogP contribution is -2.17. The first-order chi connectivity index (χ1) is 11.4. The van der Waals surface area contributed by atoms with E-state index in [9.17, 15) is 4.79 Å². The number of benzene rings is 2. The van der Waals surface area contributed by atoms with Gasteiger partial charge in [0.25, 0.3) is 0 Å². The van der Waals surface area contributed by atoms with Crippen LogP contribution < -0.4 is 4.74 Å². The van der Waals surface area contributed by atoms with Crippen LogP contribution in [-0.4, -0.2) is 21.0 Å². The first kappa shape index (κ1) is 17.6. The number of ether oxygens (including phenoxy) is 1. The number of methoxy groups -OCH3 is 1. The van der Waals surface area contributed by atoms with E-state index in [1.54, 1.807) is 13.2 Å². The summed E-state index contributed by atoms with van der Waals surface area (Å²) >= 11 is 0. The number of hydrogen-bond acceptors (Lipinski definition) is 2. The van der Waals surface area contributed by atoms with Gasteiger partial charge in [-0.1, -0.05) is 55.7 Å². The average Bonchev–Trinajstić information content (AvgIpc) is 2.57. The fourth-order valence-electron chi connectivity index (χ4n) is 1.98. The molecule has 0 amide bonds. The summed E-state index contributed by atoms with van der Waals surface area (Å²) in [6, 6.07) is 14.9. The van der Waals surface area contributed by atoms with E-state index in [1.807, 2.05) is 42.5 Å². The molecule has 0 N–H and O–H groups in total. The molecule has 0 aliphatic carbocycles. The third kappa shape index (κ3) is 4.88. The van der Waals surface area contributed by atoms with Gasteiger partial charge in [0, 0.05) is 11.1 Å². The van der Waals surface area contributed by atoms with Crippen LogP contribution in [0.1, 0.15) is 21.5 Å². The number of Topliss-reactive ketones (excluding diaryl/α,β-unsaturated/α-hetero) is 1. The van der Waals surface area contributed by atoms with Crippen molar-refractivity contribution in [3.8, 4) is 29.1 Å². The fraction of sp³-hybridized carbons (Fsp3) is 0.190. The Morgan fingerprint density at radius 1 is 0.917 bits per heavy atom. The third-order valence-electron chi connectivity index (χ3n) is 3.16. The summed E-state index contributed by atoms with van der Waals surface area (Å²) < 4.78 is 5.30. The monoisotopic (exact) mass is 332 g/mol. The highest BCUT2D eigenvalue weighted by molar-refractivity contribution is 6.84. The van der Waals surface area contributed by atoms with Gasteiger partial charge in [0.05, 0.1) is 12.7 Å². The van der Waals surface area contributed by atoms with E-state index in [4.69, 9.17) is 4.74 Å². The zero-order valence-electron chi connectivity index (χ0n) is 14.4. The molecular formula is C21H20O2Si. The molecule has 2 rings (SSSR count). The summed E-state index contributed by atoms with van der Waals surface area (Å²) in [7, 11) is 0.0267. The number of ketones is 1. The molecule has 0 aromatic heterocycles. The van der Waals surface area contributed by atoms with Crippen molar-refractivity contribution in [1.82, 2.24) is 0 Å². The number of hydrogen-bond donors (Lipinski definition) is 0. The molecule has 3 heteroatoms. The molecule has 0 radical (unpaired) electrons. The zero-order valence-corrected chi connectivity index (χ0v) is 15.4. The van der Waals surface area contributed by atoms with Gasteiger partial charge in [-0.05, 0) is 30.2 Å². The summed E-state index contributed by atoms with van der Waals surface area (Å²) in [5, 5.41) is 0. The molecular weight excluding hydrogens is 312 g/mol. The molecule has 0 saturated heterocycles. The molecule has 120 valence electrons. The Hall–Kier alpha value is -2.75. The highest BCUT2D eigenvalue weighted by Crippen LogP contribution is 2.16. The topological polar surface area (TPSA) is 26.3 Å². The van der Waals surface area contributed by atoms with Crippen molar-refractivity contribution < 1.29 is 9.53 Å². The smallest absolute Gasteiger partial charge is 0.236 e. The molecule has 2 aromatic rings. The number of para-hydroxylation sites is 1. The van der Waals surface area contributed by atoms with E-state index >= 15 is 0 Å². The van der Waals surface area contributed by atoms with Crippen molar-refractivity contribution in [3.63, 3.8) is 0 Å². The van der Waals surface area contributed by atoms with Crippen LogP contribution in [0, 0.1) is 23.3 Å². The van der Waals surface area contributed by atoms with Crippen LogP contribution >= 0.6 is 0 Å². The number of rotatable bonds is 2. The largest absolute Gasteiger partial charge is 0.495 e. The Morgan fingerprint density at radius 3 is 2.17 bits per heavy atom. The van der Waals surface area contributed by atoms with Crippen LogP contribution in [0.3, 0.4) is 0 Å². The molecule has 24 heavy (non-hydrogen) atoms. The average molecular weight is 332 g/mol. The van der Waals surface area contributed by atoms with E-state index in [-0.39, 0.29) is 5.78 Å². The third-order valence-corrected chi connectivity index (χ3v) is 4.04. The minimum atomic E-state index is -1.59. The maximum Gasteiger partial charge on any atom is 0.236 e. The highest BCUT2D eigenvalue weighted by atomic mass is 28.3. The first-order valence-corrected chi connectivity index (χ1v) is 11.2. The standard InChI is InChI=1S/C21H20O2Si/c1-23-21-12-8-6-10-18(21)14-13-17-9-5-7-11-19(17)20(22)15-16-24(2,3)4/h5-12H,1-4H3. The van der Waals surface area contributed by atoms with Gasteiger partial charge < -0.3 is 4.74 Å². The minimum Gasteiger partial charge on any atom is -0.495 e. The van der Waals surface area contributed by atoms with Gasteiger partial charge in [0.2, 0.25) is 5.78 Å². The van der Waals surface area contributed by atoms with E-state index < -0.39 is 8.07 Å². The molecule has 0 aliphatic heterocycles. The quantitative estimate of drug-likeness (QED) is 0.469. The molecule has 0 unspecified atom stereocenters. The molecule has 0 heterocycles. The molecule has 0 atom stereocenters. The molecule has 2 nitrogen and oxygen atoms in total. The van der Waals surface area contributed by atoms with Gasteiger partial charge in [-0.15, -0.1) is 5.54 Å². The van der Waals surface area contributed by atoms with Crippen LogP contribution in [0.2, 0.25) is 19.6 Å². The second-order valence-corrected chi connectivity index (χ2v) is 11.1. The summed E-state index contributed by atoms with van der Waals surface area (Å²) in [6.07, 6.45) is 0. The van der Waals surface area contributed by atoms with Gasteiger partial charge in [0.15, 0.2) is 0 Å². The van der Waals surface area contributed by atoms with Crippen molar-refractivity contribution in [2.75, 3.05) is 7.11 Å². The Kier molecular flexibility index (Phi) is 5.63. The Balaban J connectivity index is 2.39. The van der Waals surface area contributed by atoms with Crippen LogP contribution in [0.5, 0.6) is 5.75 Å². The Bertz CT molecular complexity index is 868. The van der Waals surface area contributed by atoms with Crippen LogP contribution in [0.15, 0.2) is 48.5 Å². The lowest BCUT2D eigenvalue weighted by molar-refractivity contribution is 0.105. The van der Waals surface area contributed by atoms with Crippen molar-refractivity contribution in [1.29, 1.82) is 0 Å². The van der Waals surface area contributed by atoms with Crippen molar-refractivity contribution >= 4 is 13.9 Å². The first-order valence-electron chi connectivity index (χ1n) is 7.72. The zero-order chi connectivity index (χ0) is 17.6. The van der Waals surface area contributed by atoms with Crippen molar-refractivity contribution in [2.45, 2.75) is 19.6 Å². The highest BCUT2D eigenvalue weighted by Gasteiger charge is 2.11. The van der Waals surface area contributed by atoms with Crippen LogP contribution in [0.4, 0.5) is 0 Å². The summed E-state index contributed by atoms with van der Waals surface area (Å²) in [4.78, 5) is 12.4. The SMILES string of the molecule is COc1ccccc1C#Cc1ccccc1C(=O)C#C[Si](C)(C)C. The van der Waals surface area contributed by atoms with Crippen molar-refractivity contribution in [2.24, 2.45) is 0 Å². The maximum atomic E-state index is 12.4. The van der Waals surface area contributed by atoms with E-state index in [1.165, 1.54) is 0 Å². The number of carbonyl (C=O) groups excluding carboxylic acids is 1. The van der Waals surface area contributed by atoms with Gasteiger partial charge in [-0.25, -0.2) is 0 Å². The normalized spacial score (nSPS) is 10.0. The lowest BCUT2D eigenvalue weighted by Gasteiger charge is -2.04. The van der Waals surface area contributed by atoms with E-state index in [0.717, 1.165) is 5.56 Å². The van der Waals surface area contributed by atoms with Gasteiger partial charge in [-0.3, -0.25) is 4.79 Å². The Labute approximate surface area is 144 Å². The van der Waals surface area contributed by atoms with Gasteiger partial charge in [-0.2, -0.15) is 0 Å². The predicted octanol–water partition coefficient (Wildman–Crippen LogP) is 4.16. The van der Waals surface area contributed by atoms with Gasteiger partial charge >= 0.3 is 0 Å². The molecule has 0 fully saturated rings. The van der Waals surface area contributed by atoms with E-state index in [0.29, 0.717) is 16.9 Å². The summed E-state index contributed by atoms with van der Waals surface area (Å²) in [6.45, 7) is 6.34. The molecule has 0 spiro atoms.